The van der Waals surface area contributed by atoms with Crippen molar-refractivity contribution < 1.29 is 9.32 Å². The molecule has 2 heterocycles. The fourth-order valence-electron chi connectivity index (χ4n) is 3.37. The molecule has 2 aliphatic rings. The molecule has 3 rings (SSSR count). The van der Waals surface area contributed by atoms with E-state index in [1.807, 2.05) is 17.9 Å². The molecule has 1 aromatic heterocycles. The van der Waals surface area contributed by atoms with Crippen molar-refractivity contribution in [3.63, 3.8) is 0 Å². The topological polar surface area (TPSA) is 75.6 Å². The highest BCUT2D eigenvalue weighted by Crippen LogP contribution is 2.26. The fraction of sp³-hybridized carbons (Fsp3) is 0.733. The second-order valence-corrected chi connectivity index (χ2v) is 6.24. The first-order valence-electron chi connectivity index (χ1n) is 7.82. The number of rotatable bonds is 3. The molecule has 1 aromatic rings. The largest absolute Gasteiger partial charge is 0.360 e. The maximum absolute atomic E-state index is 12.5. The molecule has 0 radical (unpaired) electrons. The van der Waals surface area contributed by atoms with Gasteiger partial charge in [0.05, 0.1) is 18.2 Å². The van der Waals surface area contributed by atoms with Gasteiger partial charge in [0.2, 0.25) is 5.91 Å². The number of piperazine rings is 1. The summed E-state index contributed by atoms with van der Waals surface area (Å²) in [6.07, 6.45) is 3.03. The smallest absolute Gasteiger partial charge is 0.227 e. The van der Waals surface area contributed by atoms with E-state index in [0.29, 0.717) is 0 Å². The molecule has 0 aromatic carbocycles. The molecule has 1 amide bonds. The fourth-order valence-corrected chi connectivity index (χ4v) is 3.37. The molecule has 1 aliphatic carbocycles. The van der Waals surface area contributed by atoms with Crippen LogP contribution in [-0.4, -0.2) is 53.1 Å². The van der Waals surface area contributed by atoms with Gasteiger partial charge in [-0.25, -0.2) is 0 Å². The van der Waals surface area contributed by atoms with Gasteiger partial charge in [-0.3, -0.25) is 9.69 Å². The van der Waals surface area contributed by atoms with Crippen LogP contribution in [0.15, 0.2) is 10.6 Å². The van der Waals surface area contributed by atoms with Crippen LogP contribution in [-0.2, 0) is 11.3 Å². The van der Waals surface area contributed by atoms with Gasteiger partial charge in [-0.2, -0.15) is 0 Å². The van der Waals surface area contributed by atoms with Crippen LogP contribution in [0.1, 0.15) is 30.7 Å². The van der Waals surface area contributed by atoms with Crippen molar-refractivity contribution in [2.45, 2.75) is 38.8 Å². The zero-order chi connectivity index (χ0) is 14.8. The van der Waals surface area contributed by atoms with E-state index in [0.717, 1.165) is 63.4 Å². The molecule has 6 heteroatoms. The van der Waals surface area contributed by atoms with Gasteiger partial charge >= 0.3 is 0 Å². The van der Waals surface area contributed by atoms with Crippen molar-refractivity contribution >= 4 is 5.91 Å². The number of aryl methyl sites for hydroxylation is 1. The summed E-state index contributed by atoms with van der Waals surface area (Å²) in [6, 6.07) is 2.03. The summed E-state index contributed by atoms with van der Waals surface area (Å²) in [6.45, 7) is 6.03. The molecular weight excluding hydrogens is 268 g/mol. The summed E-state index contributed by atoms with van der Waals surface area (Å²) in [5.41, 5.74) is 6.95. The summed E-state index contributed by atoms with van der Waals surface area (Å²) in [5, 5.41) is 3.91. The van der Waals surface area contributed by atoms with E-state index in [2.05, 4.69) is 10.1 Å². The Kier molecular flexibility index (Phi) is 4.26. The van der Waals surface area contributed by atoms with Gasteiger partial charge in [0, 0.05) is 38.3 Å². The molecular formula is C15H24N4O2. The lowest BCUT2D eigenvalue weighted by atomic mass is 10.0. The molecule has 116 valence electrons. The Bertz CT molecular complexity index is 494. The lowest BCUT2D eigenvalue weighted by Crippen LogP contribution is -2.51. The van der Waals surface area contributed by atoms with Crippen LogP contribution in [0, 0.1) is 12.8 Å². The maximum atomic E-state index is 12.5. The number of carbonyl (C=O) groups is 1. The quantitative estimate of drug-likeness (QED) is 0.890. The molecule has 2 fully saturated rings. The summed E-state index contributed by atoms with van der Waals surface area (Å²) in [7, 11) is 0. The zero-order valence-electron chi connectivity index (χ0n) is 12.6. The Morgan fingerprint density at radius 2 is 2.14 bits per heavy atom. The summed E-state index contributed by atoms with van der Waals surface area (Å²) in [4.78, 5) is 16.8. The van der Waals surface area contributed by atoms with E-state index in [9.17, 15) is 4.79 Å². The maximum Gasteiger partial charge on any atom is 0.227 e. The van der Waals surface area contributed by atoms with Crippen molar-refractivity contribution in [1.82, 2.24) is 15.0 Å². The highest BCUT2D eigenvalue weighted by Gasteiger charge is 2.34. The predicted octanol–water partition coefficient (Wildman–Crippen LogP) is 0.755. The molecule has 1 saturated carbocycles. The predicted molar refractivity (Wildman–Crippen MR) is 78.4 cm³/mol. The minimum atomic E-state index is 0.0495. The van der Waals surface area contributed by atoms with Gasteiger partial charge in [-0.05, 0) is 19.8 Å². The third kappa shape index (κ3) is 3.27. The second-order valence-electron chi connectivity index (χ2n) is 6.24. The Morgan fingerprint density at radius 3 is 2.71 bits per heavy atom. The van der Waals surface area contributed by atoms with Crippen LogP contribution in [0.5, 0.6) is 0 Å². The molecule has 1 saturated heterocycles. The first-order chi connectivity index (χ1) is 10.1. The van der Waals surface area contributed by atoms with Crippen molar-refractivity contribution in [2.24, 2.45) is 11.7 Å². The summed E-state index contributed by atoms with van der Waals surface area (Å²) < 4.78 is 5.25. The third-order valence-corrected chi connectivity index (χ3v) is 4.63. The molecule has 1 aliphatic heterocycles. The van der Waals surface area contributed by atoms with E-state index in [-0.39, 0.29) is 17.9 Å². The Morgan fingerprint density at radius 1 is 1.38 bits per heavy atom. The Labute approximate surface area is 125 Å². The number of aromatic nitrogens is 1. The summed E-state index contributed by atoms with van der Waals surface area (Å²) in [5.74, 6) is 1.20. The lowest BCUT2D eigenvalue weighted by Gasteiger charge is -2.36. The van der Waals surface area contributed by atoms with Gasteiger partial charge in [-0.1, -0.05) is 11.6 Å². The van der Waals surface area contributed by atoms with Crippen LogP contribution in [0.4, 0.5) is 0 Å². The van der Waals surface area contributed by atoms with Gasteiger partial charge < -0.3 is 15.2 Å². The average molecular weight is 292 g/mol. The normalized spacial score (nSPS) is 27.2. The van der Waals surface area contributed by atoms with E-state index < -0.39 is 0 Å². The highest BCUT2D eigenvalue weighted by molar-refractivity contribution is 5.80. The molecule has 2 atom stereocenters. The highest BCUT2D eigenvalue weighted by atomic mass is 16.5. The van der Waals surface area contributed by atoms with E-state index in [1.165, 1.54) is 0 Å². The van der Waals surface area contributed by atoms with Crippen LogP contribution in [0.25, 0.3) is 0 Å². The minimum absolute atomic E-state index is 0.0495. The second kappa shape index (κ2) is 6.15. The van der Waals surface area contributed by atoms with Crippen LogP contribution >= 0.6 is 0 Å². The summed E-state index contributed by atoms with van der Waals surface area (Å²) >= 11 is 0. The number of nitrogens with zero attached hydrogens (tertiary/aromatic N) is 3. The molecule has 6 nitrogen and oxygen atoms in total. The van der Waals surface area contributed by atoms with Crippen LogP contribution in [0.3, 0.4) is 0 Å². The molecule has 21 heavy (non-hydrogen) atoms. The number of hydrogen-bond acceptors (Lipinski definition) is 5. The number of carbonyl (C=O) groups excluding carboxylic acids is 1. The van der Waals surface area contributed by atoms with Gasteiger partial charge in [0.1, 0.15) is 0 Å². The monoisotopic (exact) mass is 292 g/mol. The standard InChI is InChI=1S/C15H24N4O2/c1-11-9-12(21-17-11)10-18-5-7-19(8-6-18)15(20)13-3-2-4-14(13)16/h9,13-14H,2-8,10,16H2,1H3/t13-,14-/m1/s1. The Balaban J connectivity index is 1.49. The van der Waals surface area contributed by atoms with Crippen LogP contribution < -0.4 is 5.73 Å². The van der Waals surface area contributed by atoms with Crippen molar-refractivity contribution in [3.05, 3.63) is 17.5 Å². The Hall–Kier alpha value is -1.40. The van der Waals surface area contributed by atoms with Crippen molar-refractivity contribution in [1.29, 1.82) is 0 Å². The lowest BCUT2D eigenvalue weighted by molar-refractivity contribution is -0.137. The van der Waals surface area contributed by atoms with Crippen molar-refractivity contribution in [2.75, 3.05) is 26.2 Å². The van der Waals surface area contributed by atoms with E-state index in [1.54, 1.807) is 0 Å². The van der Waals surface area contributed by atoms with Gasteiger partial charge in [0.25, 0.3) is 0 Å². The zero-order valence-corrected chi connectivity index (χ0v) is 12.6. The van der Waals surface area contributed by atoms with E-state index >= 15 is 0 Å². The minimum Gasteiger partial charge on any atom is -0.360 e. The molecule has 0 spiro atoms. The van der Waals surface area contributed by atoms with Crippen molar-refractivity contribution in [3.8, 4) is 0 Å². The first kappa shape index (κ1) is 14.5. The molecule has 0 bridgehead atoms. The SMILES string of the molecule is Cc1cc(CN2CCN(C(=O)[C@@H]3CCC[C@H]3N)CC2)on1. The first-order valence-corrected chi connectivity index (χ1v) is 7.82. The molecule has 2 N–H and O–H groups in total. The third-order valence-electron chi connectivity index (χ3n) is 4.63. The van der Waals surface area contributed by atoms with Gasteiger partial charge in [-0.15, -0.1) is 0 Å². The van der Waals surface area contributed by atoms with Gasteiger partial charge in [0.15, 0.2) is 5.76 Å². The van der Waals surface area contributed by atoms with E-state index in [4.69, 9.17) is 10.3 Å². The van der Waals surface area contributed by atoms with Crippen LogP contribution in [0.2, 0.25) is 0 Å². The number of hydrogen-bond donors (Lipinski definition) is 1. The average Bonchev–Trinajstić information content (AvgIpc) is 3.08. The molecule has 0 unspecified atom stereocenters. The number of nitrogens with two attached hydrogens (primary N) is 1. The number of amides is 1.